The van der Waals surface area contributed by atoms with Gasteiger partial charge in [0.25, 0.3) is 0 Å². The van der Waals surface area contributed by atoms with Crippen molar-refractivity contribution < 1.29 is 9.90 Å². The highest BCUT2D eigenvalue weighted by atomic mass is 32.1. The molecule has 2 aromatic rings. The van der Waals surface area contributed by atoms with E-state index >= 15 is 0 Å². The van der Waals surface area contributed by atoms with Crippen LogP contribution in [0.25, 0.3) is 0 Å². The molecule has 1 aliphatic heterocycles. The first-order chi connectivity index (χ1) is 12.2. The van der Waals surface area contributed by atoms with Gasteiger partial charge in [-0.25, -0.2) is 0 Å². The fourth-order valence-electron chi connectivity index (χ4n) is 3.37. The molecule has 1 amide bonds. The van der Waals surface area contributed by atoms with Gasteiger partial charge in [0.15, 0.2) is 0 Å². The fourth-order valence-corrected chi connectivity index (χ4v) is 4.17. The Morgan fingerprint density at radius 3 is 2.64 bits per heavy atom. The average molecular weight is 359 g/mol. The third-order valence-electron chi connectivity index (χ3n) is 4.86. The summed E-state index contributed by atoms with van der Waals surface area (Å²) in [6.45, 7) is 2.88. The van der Waals surface area contributed by atoms with Crippen molar-refractivity contribution in [2.45, 2.75) is 25.4 Å². The largest absolute Gasteiger partial charge is 0.387 e. The molecular formula is C20H26N2O2S. The summed E-state index contributed by atoms with van der Waals surface area (Å²) in [6, 6.07) is 14.2. The van der Waals surface area contributed by atoms with Crippen LogP contribution in [-0.4, -0.2) is 42.1 Å². The van der Waals surface area contributed by atoms with E-state index in [1.54, 1.807) is 11.3 Å². The second-order valence-corrected chi connectivity index (χ2v) is 7.64. The topological polar surface area (TPSA) is 52.6 Å². The number of amides is 1. The second kappa shape index (κ2) is 9.13. The lowest BCUT2D eigenvalue weighted by Gasteiger charge is -2.33. The van der Waals surface area contributed by atoms with Crippen molar-refractivity contribution in [3.63, 3.8) is 0 Å². The van der Waals surface area contributed by atoms with Gasteiger partial charge in [0.2, 0.25) is 5.91 Å². The summed E-state index contributed by atoms with van der Waals surface area (Å²) in [6.07, 6.45) is 2.39. The van der Waals surface area contributed by atoms with Crippen molar-refractivity contribution in [2.24, 2.45) is 5.92 Å². The van der Waals surface area contributed by atoms with Crippen LogP contribution in [0, 0.1) is 5.92 Å². The van der Waals surface area contributed by atoms with E-state index in [0.29, 0.717) is 19.0 Å². The Bertz CT molecular complexity index is 637. The quantitative estimate of drug-likeness (QED) is 0.800. The van der Waals surface area contributed by atoms with Crippen LogP contribution in [0.3, 0.4) is 0 Å². The number of piperidine rings is 1. The van der Waals surface area contributed by atoms with Crippen LogP contribution in [0.5, 0.6) is 0 Å². The van der Waals surface area contributed by atoms with Gasteiger partial charge in [0.05, 0.1) is 12.6 Å². The molecule has 0 radical (unpaired) electrons. The Morgan fingerprint density at radius 2 is 1.96 bits per heavy atom. The average Bonchev–Trinajstić information content (AvgIpc) is 3.17. The zero-order chi connectivity index (χ0) is 17.5. The van der Waals surface area contributed by atoms with Crippen molar-refractivity contribution in [1.82, 2.24) is 10.2 Å². The Morgan fingerprint density at radius 1 is 1.20 bits per heavy atom. The minimum atomic E-state index is -0.359. The molecule has 0 saturated carbocycles. The number of aliphatic hydroxyl groups is 1. The SMILES string of the molecule is O=C(CN1CCC(C(O)c2cccs2)CC1)NCCc1ccccc1. The first-order valence-electron chi connectivity index (χ1n) is 8.97. The van der Waals surface area contributed by atoms with Crippen LogP contribution in [0.15, 0.2) is 47.8 Å². The first-order valence-corrected chi connectivity index (χ1v) is 9.85. The number of hydrogen-bond donors (Lipinski definition) is 2. The lowest BCUT2D eigenvalue weighted by Crippen LogP contribution is -2.42. The Labute approximate surface area is 153 Å². The van der Waals surface area contributed by atoms with Crippen LogP contribution >= 0.6 is 11.3 Å². The summed E-state index contributed by atoms with van der Waals surface area (Å²) in [7, 11) is 0. The van der Waals surface area contributed by atoms with Gasteiger partial charge in [-0.15, -0.1) is 11.3 Å². The van der Waals surface area contributed by atoms with E-state index in [2.05, 4.69) is 22.3 Å². The number of rotatable bonds is 7. The molecule has 5 heteroatoms. The molecule has 0 spiro atoms. The fraction of sp³-hybridized carbons (Fsp3) is 0.450. The molecule has 0 aliphatic carbocycles. The van der Waals surface area contributed by atoms with E-state index in [0.717, 1.165) is 37.2 Å². The maximum atomic E-state index is 12.1. The molecule has 1 aromatic heterocycles. The highest BCUT2D eigenvalue weighted by molar-refractivity contribution is 7.10. The maximum absolute atomic E-state index is 12.1. The van der Waals surface area contributed by atoms with Gasteiger partial charge in [-0.1, -0.05) is 36.4 Å². The number of carbonyl (C=O) groups is 1. The van der Waals surface area contributed by atoms with Crippen LogP contribution in [0.4, 0.5) is 0 Å². The monoisotopic (exact) mass is 358 g/mol. The second-order valence-electron chi connectivity index (χ2n) is 6.66. The highest BCUT2D eigenvalue weighted by Gasteiger charge is 2.27. The summed E-state index contributed by atoms with van der Waals surface area (Å²) >= 11 is 1.62. The summed E-state index contributed by atoms with van der Waals surface area (Å²) < 4.78 is 0. The molecule has 1 aliphatic rings. The van der Waals surface area contributed by atoms with Crippen molar-refractivity contribution >= 4 is 17.2 Å². The summed E-state index contributed by atoms with van der Waals surface area (Å²) in [5.41, 5.74) is 1.24. The molecule has 2 heterocycles. The Kier molecular flexibility index (Phi) is 6.62. The van der Waals surface area contributed by atoms with Gasteiger partial charge >= 0.3 is 0 Å². The molecule has 1 unspecified atom stereocenters. The number of thiophene rings is 1. The molecule has 2 N–H and O–H groups in total. The van der Waals surface area contributed by atoms with Gasteiger partial charge in [-0.05, 0) is 55.3 Å². The van der Waals surface area contributed by atoms with Gasteiger partial charge in [-0.3, -0.25) is 9.69 Å². The van der Waals surface area contributed by atoms with Gasteiger partial charge in [-0.2, -0.15) is 0 Å². The Balaban J connectivity index is 1.35. The van der Waals surface area contributed by atoms with Gasteiger partial charge in [0, 0.05) is 11.4 Å². The van der Waals surface area contributed by atoms with Gasteiger partial charge in [0.1, 0.15) is 0 Å². The van der Waals surface area contributed by atoms with E-state index in [9.17, 15) is 9.90 Å². The number of likely N-dealkylation sites (tertiary alicyclic amines) is 1. The zero-order valence-corrected chi connectivity index (χ0v) is 15.3. The van der Waals surface area contributed by atoms with Crippen LogP contribution in [0.2, 0.25) is 0 Å². The number of hydrogen-bond acceptors (Lipinski definition) is 4. The van der Waals surface area contributed by atoms with Crippen LogP contribution < -0.4 is 5.32 Å². The molecule has 1 atom stereocenters. The van der Waals surface area contributed by atoms with E-state index < -0.39 is 0 Å². The summed E-state index contributed by atoms with van der Waals surface area (Å²) in [4.78, 5) is 15.3. The smallest absolute Gasteiger partial charge is 0.234 e. The normalized spacial score (nSPS) is 17.3. The van der Waals surface area contributed by atoms with Crippen LogP contribution in [-0.2, 0) is 11.2 Å². The zero-order valence-electron chi connectivity index (χ0n) is 14.4. The predicted molar refractivity (Wildman–Crippen MR) is 102 cm³/mol. The number of carbonyl (C=O) groups excluding carboxylic acids is 1. The van der Waals surface area contributed by atoms with Crippen molar-refractivity contribution in [1.29, 1.82) is 0 Å². The van der Waals surface area contributed by atoms with Crippen molar-refractivity contribution in [3.8, 4) is 0 Å². The predicted octanol–water partition coefficient (Wildman–Crippen LogP) is 2.85. The van der Waals surface area contributed by atoms with E-state index in [1.165, 1.54) is 5.56 Å². The van der Waals surface area contributed by atoms with E-state index in [4.69, 9.17) is 0 Å². The van der Waals surface area contributed by atoms with Crippen molar-refractivity contribution in [2.75, 3.05) is 26.2 Å². The molecule has 0 bridgehead atoms. The maximum Gasteiger partial charge on any atom is 0.234 e. The number of nitrogens with zero attached hydrogens (tertiary/aromatic N) is 1. The third kappa shape index (κ3) is 5.39. The third-order valence-corrected chi connectivity index (χ3v) is 5.80. The summed E-state index contributed by atoms with van der Waals surface area (Å²) in [5.74, 6) is 0.393. The molecule has 1 aromatic carbocycles. The molecule has 1 saturated heterocycles. The standard InChI is InChI=1S/C20H26N2O2S/c23-19(21-11-8-16-5-2-1-3-6-16)15-22-12-9-17(10-13-22)20(24)18-7-4-14-25-18/h1-7,14,17,20,24H,8-13,15H2,(H,21,23). The van der Waals surface area contributed by atoms with Gasteiger partial charge < -0.3 is 10.4 Å². The molecule has 134 valence electrons. The number of benzene rings is 1. The minimum absolute atomic E-state index is 0.0909. The highest BCUT2D eigenvalue weighted by Crippen LogP contribution is 2.32. The minimum Gasteiger partial charge on any atom is -0.387 e. The molecule has 4 nitrogen and oxygen atoms in total. The first kappa shape index (κ1) is 18.1. The molecule has 1 fully saturated rings. The lowest BCUT2D eigenvalue weighted by molar-refractivity contribution is -0.122. The number of aliphatic hydroxyl groups excluding tert-OH is 1. The molecule has 25 heavy (non-hydrogen) atoms. The van der Waals surface area contributed by atoms with E-state index in [1.807, 2.05) is 35.7 Å². The molecular weight excluding hydrogens is 332 g/mol. The Hall–Kier alpha value is -1.69. The lowest BCUT2D eigenvalue weighted by atomic mass is 9.90. The molecule has 3 rings (SSSR count). The van der Waals surface area contributed by atoms with E-state index in [-0.39, 0.29) is 12.0 Å². The van der Waals surface area contributed by atoms with Crippen molar-refractivity contribution in [3.05, 3.63) is 58.3 Å². The number of nitrogens with one attached hydrogen (secondary N) is 1. The van der Waals surface area contributed by atoms with Crippen LogP contribution in [0.1, 0.15) is 29.4 Å². The summed E-state index contributed by atoms with van der Waals surface area (Å²) in [5, 5.41) is 15.5.